The average molecular weight is 512 g/mol. The quantitative estimate of drug-likeness (QED) is 0.402. The van der Waals surface area contributed by atoms with Gasteiger partial charge in [0.2, 0.25) is 17.7 Å². The smallest absolute Gasteiger partial charge is 0.326 e. The van der Waals surface area contributed by atoms with Gasteiger partial charge in [0, 0.05) is 36.6 Å². The number of carboxylic acids is 1. The van der Waals surface area contributed by atoms with Gasteiger partial charge in [0.15, 0.2) is 0 Å². The maximum absolute atomic E-state index is 13.9. The molecule has 5 N–H and O–H groups in total. The van der Waals surface area contributed by atoms with Crippen LogP contribution >= 0.6 is 0 Å². The molecule has 4 rings (SSSR count). The van der Waals surface area contributed by atoms with Gasteiger partial charge in [-0.1, -0.05) is 38.5 Å². The molecule has 2 fully saturated rings. The highest BCUT2D eigenvalue weighted by Crippen LogP contribution is 2.27. The van der Waals surface area contributed by atoms with E-state index in [1.807, 2.05) is 44.3 Å². The van der Waals surface area contributed by atoms with E-state index in [1.165, 1.54) is 9.80 Å². The third kappa shape index (κ3) is 5.49. The number of likely N-dealkylation sites (tertiary alicyclic amines) is 2. The maximum Gasteiger partial charge on any atom is 0.326 e. The predicted octanol–water partition coefficient (Wildman–Crippen LogP) is 1.64. The van der Waals surface area contributed by atoms with Crippen LogP contribution in [-0.2, 0) is 25.6 Å². The molecule has 1 aromatic heterocycles. The second kappa shape index (κ2) is 11.3. The number of hydrogen-bond donors (Lipinski definition) is 4. The number of hydrogen-bond acceptors (Lipinski definition) is 5. The number of fused-ring (bicyclic) bond motifs is 1. The highest BCUT2D eigenvalue weighted by Gasteiger charge is 2.43. The lowest BCUT2D eigenvalue weighted by atomic mass is 9.98. The average Bonchev–Trinajstić information content (AvgIpc) is 3.66. The van der Waals surface area contributed by atoms with Crippen molar-refractivity contribution >= 4 is 34.6 Å². The van der Waals surface area contributed by atoms with Gasteiger partial charge in [0.1, 0.15) is 18.1 Å². The number of rotatable bonds is 9. The number of benzene rings is 1. The Morgan fingerprint density at radius 2 is 1.78 bits per heavy atom. The molecule has 200 valence electrons. The largest absolute Gasteiger partial charge is 0.480 e. The predicted molar refractivity (Wildman–Crippen MR) is 138 cm³/mol. The second-order valence-electron chi connectivity index (χ2n) is 10.3. The normalized spacial score (nSPS) is 22.1. The van der Waals surface area contributed by atoms with Crippen LogP contribution < -0.4 is 11.1 Å². The van der Waals surface area contributed by atoms with E-state index in [9.17, 15) is 24.3 Å². The Morgan fingerprint density at radius 1 is 1.11 bits per heavy atom. The van der Waals surface area contributed by atoms with Gasteiger partial charge >= 0.3 is 5.97 Å². The number of aromatic nitrogens is 1. The minimum atomic E-state index is -1.02. The summed E-state index contributed by atoms with van der Waals surface area (Å²) >= 11 is 0. The second-order valence-corrected chi connectivity index (χ2v) is 10.3. The lowest BCUT2D eigenvalue weighted by molar-refractivity contribution is -0.152. The summed E-state index contributed by atoms with van der Waals surface area (Å²) in [6.45, 7) is 4.59. The van der Waals surface area contributed by atoms with E-state index in [2.05, 4.69) is 10.3 Å². The Morgan fingerprint density at radius 3 is 2.49 bits per heavy atom. The Labute approximate surface area is 216 Å². The van der Waals surface area contributed by atoms with Crippen molar-refractivity contribution < 1.29 is 24.3 Å². The number of nitrogens with zero attached hydrogens (tertiary/aromatic N) is 2. The number of para-hydroxylation sites is 1. The standard InChI is InChI=1S/C27H37N5O5/c1-3-16(2)23(28)24(33)30-20(14-17-15-29-19-9-5-4-8-18(17)19)25(34)31-12-6-10-21(31)26(35)32-13-7-11-22(32)27(36)37/h4-5,8-9,15-16,20-23,29H,3,6-7,10-14,28H2,1-2H3,(H,30,33)(H,36,37). The highest BCUT2D eigenvalue weighted by atomic mass is 16.4. The minimum Gasteiger partial charge on any atom is -0.480 e. The van der Waals surface area contributed by atoms with Gasteiger partial charge in [-0.3, -0.25) is 14.4 Å². The molecule has 5 unspecified atom stereocenters. The number of nitrogens with one attached hydrogen (secondary N) is 2. The van der Waals surface area contributed by atoms with Crippen LogP contribution in [0.3, 0.4) is 0 Å². The van der Waals surface area contributed by atoms with Crippen LogP contribution in [0.15, 0.2) is 30.5 Å². The summed E-state index contributed by atoms with van der Waals surface area (Å²) in [5.41, 5.74) is 7.98. The molecule has 37 heavy (non-hydrogen) atoms. The first-order chi connectivity index (χ1) is 17.7. The first-order valence-electron chi connectivity index (χ1n) is 13.2. The number of carboxylic acid groups (broad SMARTS) is 1. The van der Waals surface area contributed by atoms with E-state index in [0.29, 0.717) is 38.8 Å². The Balaban J connectivity index is 1.59. The van der Waals surface area contributed by atoms with Crippen LogP contribution in [0.25, 0.3) is 10.9 Å². The van der Waals surface area contributed by atoms with Crippen molar-refractivity contribution in [2.75, 3.05) is 13.1 Å². The van der Waals surface area contributed by atoms with E-state index >= 15 is 0 Å². The molecule has 3 heterocycles. The molecule has 2 aliphatic heterocycles. The Bertz CT molecular complexity index is 1160. The van der Waals surface area contributed by atoms with E-state index in [-0.39, 0.29) is 24.2 Å². The molecule has 0 spiro atoms. The summed E-state index contributed by atoms with van der Waals surface area (Å²) in [4.78, 5) is 58.2. The lowest BCUT2D eigenvalue weighted by Gasteiger charge is -2.32. The third-order valence-electron chi connectivity index (χ3n) is 7.92. The van der Waals surface area contributed by atoms with Crippen molar-refractivity contribution in [3.63, 3.8) is 0 Å². The third-order valence-corrected chi connectivity index (χ3v) is 7.92. The molecule has 3 amide bonds. The van der Waals surface area contributed by atoms with E-state index < -0.39 is 36.0 Å². The molecule has 0 aliphatic carbocycles. The fourth-order valence-electron chi connectivity index (χ4n) is 5.47. The summed E-state index contributed by atoms with van der Waals surface area (Å²) in [6.07, 6.45) is 4.92. The topological polar surface area (TPSA) is 149 Å². The molecule has 0 radical (unpaired) electrons. The SMILES string of the molecule is CCC(C)C(N)C(=O)NC(Cc1c[nH]c2ccccc12)C(=O)N1CCCC1C(=O)N1CCCC1C(=O)O. The van der Waals surface area contributed by atoms with E-state index in [1.54, 1.807) is 0 Å². The van der Waals surface area contributed by atoms with Crippen molar-refractivity contribution in [1.29, 1.82) is 0 Å². The van der Waals surface area contributed by atoms with Gasteiger partial charge < -0.3 is 30.9 Å². The van der Waals surface area contributed by atoms with Gasteiger partial charge in [0.25, 0.3) is 0 Å². The number of H-pyrrole nitrogens is 1. The fraction of sp³-hybridized carbons (Fsp3) is 0.556. The molecule has 2 saturated heterocycles. The molecular formula is C27H37N5O5. The van der Waals surface area contributed by atoms with Crippen LogP contribution in [0.5, 0.6) is 0 Å². The maximum atomic E-state index is 13.9. The molecule has 10 heteroatoms. The summed E-state index contributed by atoms with van der Waals surface area (Å²) in [5, 5.41) is 13.4. The summed E-state index contributed by atoms with van der Waals surface area (Å²) in [6, 6.07) is 4.45. The number of amides is 3. The number of aliphatic carboxylic acids is 1. The Hall–Kier alpha value is -3.40. The molecule has 0 saturated carbocycles. The van der Waals surface area contributed by atoms with Crippen molar-refractivity contribution in [2.45, 2.75) is 76.5 Å². The zero-order valence-electron chi connectivity index (χ0n) is 21.5. The zero-order valence-corrected chi connectivity index (χ0v) is 21.5. The van der Waals surface area contributed by atoms with Crippen LogP contribution in [0, 0.1) is 5.92 Å². The summed E-state index contributed by atoms with van der Waals surface area (Å²) in [5.74, 6) is -2.17. The van der Waals surface area contributed by atoms with Gasteiger partial charge in [-0.2, -0.15) is 0 Å². The number of carbonyl (C=O) groups is 4. The molecular weight excluding hydrogens is 474 g/mol. The van der Waals surface area contributed by atoms with Gasteiger partial charge in [0.05, 0.1) is 6.04 Å². The van der Waals surface area contributed by atoms with Gasteiger partial charge in [-0.15, -0.1) is 0 Å². The fourth-order valence-corrected chi connectivity index (χ4v) is 5.47. The van der Waals surface area contributed by atoms with Gasteiger partial charge in [-0.05, 0) is 43.2 Å². The first-order valence-corrected chi connectivity index (χ1v) is 13.2. The zero-order chi connectivity index (χ0) is 26.7. The number of nitrogens with two attached hydrogens (primary N) is 1. The molecule has 2 aliphatic rings. The molecule has 5 atom stereocenters. The molecule has 2 aromatic rings. The first kappa shape index (κ1) is 26.7. The van der Waals surface area contributed by atoms with Crippen LogP contribution in [0.2, 0.25) is 0 Å². The van der Waals surface area contributed by atoms with Crippen molar-refractivity contribution in [3.8, 4) is 0 Å². The minimum absolute atomic E-state index is 0.0620. The van der Waals surface area contributed by atoms with Crippen molar-refractivity contribution in [2.24, 2.45) is 11.7 Å². The number of carbonyl (C=O) groups excluding carboxylic acids is 3. The van der Waals surface area contributed by atoms with Crippen molar-refractivity contribution in [3.05, 3.63) is 36.0 Å². The van der Waals surface area contributed by atoms with Crippen LogP contribution in [0.1, 0.15) is 51.5 Å². The summed E-state index contributed by atoms with van der Waals surface area (Å²) in [7, 11) is 0. The highest BCUT2D eigenvalue weighted by molar-refractivity contribution is 5.95. The number of aromatic amines is 1. The van der Waals surface area contributed by atoms with Crippen LogP contribution in [-0.4, -0.2) is 80.8 Å². The van der Waals surface area contributed by atoms with Crippen molar-refractivity contribution in [1.82, 2.24) is 20.1 Å². The molecule has 10 nitrogen and oxygen atoms in total. The van der Waals surface area contributed by atoms with E-state index in [4.69, 9.17) is 5.73 Å². The molecule has 0 bridgehead atoms. The monoisotopic (exact) mass is 511 g/mol. The van der Waals surface area contributed by atoms with Crippen LogP contribution in [0.4, 0.5) is 0 Å². The van der Waals surface area contributed by atoms with E-state index in [0.717, 1.165) is 22.9 Å². The molecule has 1 aromatic carbocycles. The van der Waals surface area contributed by atoms with Gasteiger partial charge in [-0.25, -0.2) is 4.79 Å². The summed E-state index contributed by atoms with van der Waals surface area (Å²) < 4.78 is 0. The lowest BCUT2D eigenvalue weighted by Crippen LogP contribution is -2.58. The Kier molecular flexibility index (Phi) is 8.16.